The van der Waals surface area contributed by atoms with E-state index in [4.69, 9.17) is 24.9 Å². The van der Waals surface area contributed by atoms with E-state index in [1.54, 1.807) is 0 Å². The normalized spacial score (nSPS) is 14.7. The highest BCUT2D eigenvalue weighted by atomic mass is 15.2. The maximum absolute atomic E-state index is 5.20. The van der Waals surface area contributed by atoms with Gasteiger partial charge in [0.1, 0.15) is 17.3 Å². The lowest BCUT2D eigenvalue weighted by atomic mass is 9.32. The van der Waals surface area contributed by atoms with Gasteiger partial charge < -0.3 is 0 Å². The molecule has 9 heterocycles. The molecule has 0 fully saturated rings. The standard InChI is InChI=1S/C47H31BN8/c1-3-14-30(15-4-1)40-33-28-32(55(38-20-8-11-23-49-38)39-21-9-12-24-50-39)29-37-42(33)48(34-18-13-26-51-43(34)40)35-22-27-53-45-41-44-36(19-7-10-25-52-44)54(31-16-5-2-6-17-31)47(41)56(37)46(35)45/h1-6,8-29,40H,7H2. The Morgan fingerprint density at radius 3 is 2.18 bits per heavy atom. The highest BCUT2D eigenvalue weighted by Gasteiger charge is 2.44. The van der Waals surface area contributed by atoms with Crippen molar-refractivity contribution in [2.75, 3.05) is 4.90 Å². The van der Waals surface area contributed by atoms with Crippen LogP contribution < -0.4 is 32.0 Å². The molecular weight excluding hydrogens is 687 g/mol. The first-order chi connectivity index (χ1) is 27.8. The highest BCUT2D eigenvalue weighted by Crippen LogP contribution is 2.42. The van der Waals surface area contributed by atoms with E-state index < -0.39 is 0 Å². The molecular formula is C47H31BN8. The van der Waals surface area contributed by atoms with E-state index in [0.29, 0.717) is 0 Å². The van der Waals surface area contributed by atoms with E-state index in [9.17, 15) is 0 Å². The lowest BCUT2D eigenvalue weighted by Crippen LogP contribution is -2.61. The number of anilines is 3. The molecule has 0 saturated carbocycles. The molecule has 0 aliphatic carbocycles. The second kappa shape index (κ2) is 12.1. The number of benzene rings is 3. The summed E-state index contributed by atoms with van der Waals surface area (Å²) >= 11 is 0. The molecule has 3 aliphatic heterocycles. The Hall–Kier alpha value is -7.39. The number of allylic oxidation sites excluding steroid dienone is 1. The zero-order chi connectivity index (χ0) is 36.7. The molecule has 6 aromatic heterocycles. The molecule has 0 spiro atoms. The van der Waals surface area contributed by atoms with Crippen LogP contribution in [0.15, 0.2) is 169 Å². The third-order valence-corrected chi connectivity index (χ3v) is 11.5. The van der Waals surface area contributed by atoms with Gasteiger partial charge in [-0.3, -0.25) is 29.0 Å². The fourth-order valence-electron chi connectivity index (χ4n) is 9.37. The van der Waals surface area contributed by atoms with Crippen LogP contribution in [-0.4, -0.2) is 35.8 Å². The van der Waals surface area contributed by atoms with Crippen LogP contribution in [0.4, 0.5) is 17.3 Å². The van der Waals surface area contributed by atoms with Crippen LogP contribution in [0.1, 0.15) is 29.2 Å². The largest absolute Gasteiger partial charge is 0.294 e. The number of hydrogen-bond acceptors (Lipinski definition) is 6. The van der Waals surface area contributed by atoms with E-state index in [2.05, 4.69) is 117 Å². The Labute approximate surface area is 322 Å². The molecule has 0 amide bonds. The Morgan fingerprint density at radius 1 is 0.661 bits per heavy atom. The molecule has 3 aromatic carbocycles. The number of nitrogens with zero attached hydrogens (tertiary/aromatic N) is 8. The van der Waals surface area contributed by atoms with Gasteiger partial charge in [0.2, 0.25) is 6.71 Å². The molecule has 0 radical (unpaired) electrons. The summed E-state index contributed by atoms with van der Waals surface area (Å²) in [6, 6.07) is 44.7. The van der Waals surface area contributed by atoms with E-state index in [1.807, 2.05) is 67.4 Å². The number of hydrogen-bond donors (Lipinski definition) is 0. The van der Waals surface area contributed by atoms with Gasteiger partial charge in [-0.1, -0.05) is 78.9 Å². The summed E-state index contributed by atoms with van der Waals surface area (Å²) in [5, 5.41) is 3.04. The van der Waals surface area contributed by atoms with Crippen molar-refractivity contribution >= 4 is 68.6 Å². The van der Waals surface area contributed by atoms with Crippen LogP contribution in [-0.2, 0) is 0 Å². The monoisotopic (exact) mass is 718 g/mol. The third kappa shape index (κ3) is 4.33. The lowest BCUT2D eigenvalue weighted by molar-refractivity contribution is 0.921. The predicted molar refractivity (Wildman–Crippen MR) is 223 cm³/mol. The van der Waals surface area contributed by atoms with Crippen molar-refractivity contribution in [3.05, 3.63) is 192 Å². The molecule has 1 atom stereocenters. The SMILES string of the molecule is C1=CN=c2c(n(-c3ccccc3)c3c2c2nccc4c2n3-c2cc(N(c3ccccn3)c3ccccn3)cc3c2B4c2cccnc2C3c2ccccc2)=CC1. The van der Waals surface area contributed by atoms with Crippen molar-refractivity contribution in [3.8, 4) is 11.4 Å². The smallest absolute Gasteiger partial charge is 0.249 e. The lowest BCUT2D eigenvalue weighted by Gasteiger charge is -2.38. The quantitative estimate of drug-likeness (QED) is 0.197. The van der Waals surface area contributed by atoms with Crippen molar-refractivity contribution in [3.63, 3.8) is 0 Å². The molecule has 0 bridgehead atoms. The van der Waals surface area contributed by atoms with Crippen molar-refractivity contribution in [2.24, 2.45) is 4.99 Å². The summed E-state index contributed by atoms with van der Waals surface area (Å²) in [6.45, 7) is -0.0694. The van der Waals surface area contributed by atoms with Gasteiger partial charge in [-0.15, -0.1) is 0 Å². The van der Waals surface area contributed by atoms with Crippen molar-refractivity contribution < 1.29 is 0 Å². The van der Waals surface area contributed by atoms with Crippen molar-refractivity contribution in [1.29, 1.82) is 0 Å². The number of aromatic nitrogens is 6. The topological polar surface area (TPSA) is 77.0 Å². The van der Waals surface area contributed by atoms with Gasteiger partial charge in [-0.2, -0.15) is 0 Å². The molecule has 3 aliphatic rings. The van der Waals surface area contributed by atoms with Crippen molar-refractivity contribution in [2.45, 2.75) is 12.3 Å². The fraction of sp³-hybridized carbons (Fsp3) is 0.0426. The number of para-hydroxylation sites is 1. The predicted octanol–water partition coefficient (Wildman–Crippen LogP) is 6.26. The second-order valence-corrected chi connectivity index (χ2v) is 14.4. The zero-order valence-corrected chi connectivity index (χ0v) is 30.1. The maximum atomic E-state index is 5.20. The van der Waals surface area contributed by atoms with Crippen LogP contribution in [0.25, 0.3) is 39.5 Å². The first-order valence-corrected chi connectivity index (χ1v) is 19.0. The molecule has 1 unspecified atom stereocenters. The molecule has 12 rings (SSSR count). The maximum Gasteiger partial charge on any atom is 0.249 e. The number of fused-ring (bicyclic) bond motifs is 9. The van der Waals surface area contributed by atoms with E-state index in [1.165, 1.54) is 27.5 Å². The first-order valence-electron chi connectivity index (χ1n) is 19.0. The molecule has 8 nitrogen and oxygen atoms in total. The first kappa shape index (κ1) is 31.0. The highest BCUT2D eigenvalue weighted by molar-refractivity contribution is 6.99. The Bertz CT molecular complexity index is 3140. The molecule has 9 heteroatoms. The minimum absolute atomic E-state index is 0.0694. The van der Waals surface area contributed by atoms with Crippen LogP contribution >= 0.6 is 0 Å². The average molecular weight is 719 g/mol. The molecule has 56 heavy (non-hydrogen) atoms. The van der Waals surface area contributed by atoms with Gasteiger partial charge >= 0.3 is 0 Å². The van der Waals surface area contributed by atoms with Gasteiger partial charge in [-0.25, -0.2) is 9.97 Å². The Balaban J connectivity index is 1.30. The van der Waals surface area contributed by atoms with Gasteiger partial charge in [0.15, 0.2) is 0 Å². The summed E-state index contributed by atoms with van der Waals surface area (Å²) in [6.07, 6.45) is 14.7. The Morgan fingerprint density at radius 2 is 1.41 bits per heavy atom. The average Bonchev–Trinajstić information content (AvgIpc) is 3.64. The third-order valence-electron chi connectivity index (χ3n) is 11.5. The molecule has 0 saturated heterocycles. The van der Waals surface area contributed by atoms with Crippen LogP contribution in [0, 0.1) is 0 Å². The van der Waals surface area contributed by atoms with E-state index in [-0.39, 0.29) is 12.6 Å². The van der Waals surface area contributed by atoms with Crippen molar-refractivity contribution in [1.82, 2.24) is 29.1 Å². The summed E-state index contributed by atoms with van der Waals surface area (Å²) in [5.41, 5.74) is 13.3. The van der Waals surface area contributed by atoms with Crippen LogP contribution in [0.3, 0.4) is 0 Å². The van der Waals surface area contributed by atoms with Gasteiger partial charge in [0, 0.05) is 48.1 Å². The van der Waals surface area contributed by atoms with E-state index >= 15 is 0 Å². The Kier molecular flexibility index (Phi) is 6.68. The van der Waals surface area contributed by atoms with Gasteiger partial charge in [0.25, 0.3) is 0 Å². The minimum Gasteiger partial charge on any atom is -0.294 e. The number of rotatable bonds is 5. The fourth-order valence-corrected chi connectivity index (χ4v) is 9.37. The van der Waals surface area contributed by atoms with Crippen LogP contribution in [0.2, 0.25) is 0 Å². The molecule has 9 aromatic rings. The summed E-state index contributed by atoms with van der Waals surface area (Å²) in [4.78, 5) is 27.5. The molecule has 262 valence electrons. The van der Waals surface area contributed by atoms with Gasteiger partial charge in [-0.05, 0) is 94.6 Å². The second-order valence-electron chi connectivity index (χ2n) is 14.4. The minimum atomic E-state index is -0.123. The van der Waals surface area contributed by atoms with Crippen LogP contribution in [0.5, 0.6) is 0 Å². The molecule has 0 N–H and O–H groups in total. The zero-order valence-electron chi connectivity index (χ0n) is 30.1. The number of pyridine rings is 4. The summed E-state index contributed by atoms with van der Waals surface area (Å²) in [5.74, 6) is 1.43. The van der Waals surface area contributed by atoms with Gasteiger partial charge in [0.05, 0.1) is 38.7 Å². The summed E-state index contributed by atoms with van der Waals surface area (Å²) < 4.78 is 4.85. The summed E-state index contributed by atoms with van der Waals surface area (Å²) in [7, 11) is 0. The van der Waals surface area contributed by atoms with E-state index in [0.717, 1.165) is 73.6 Å².